The molecule has 1 aromatic carbocycles. The van der Waals surface area contributed by atoms with Crippen molar-refractivity contribution in [3.8, 4) is 0 Å². The number of nitrogens with zero attached hydrogens (tertiary/aromatic N) is 2. The molecule has 0 spiro atoms. The predicted octanol–water partition coefficient (Wildman–Crippen LogP) is 1.99. The van der Waals surface area contributed by atoms with E-state index in [4.69, 9.17) is 5.73 Å². The van der Waals surface area contributed by atoms with Gasteiger partial charge in [-0.3, -0.25) is 9.69 Å². The Kier molecular flexibility index (Phi) is 5.11. The predicted molar refractivity (Wildman–Crippen MR) is 88.3 cm³/mol. The molecule has 1 amide bonds. The number of amides is 1. The van der Waals surface area contributed by atoms with E-state index >= 15 is 0 Å². The largest absolute Gasteiger partial charge is 0.340 e. The minimum atomic E-state index is 0.0410. The molecule has 4 nitrogen and oxygen atoms in total. The van der Waals surface area contributed by atoms with Crippen LogP contribution in [0.15, 0.2) is 30.3 Å². The summed E-state index contributed by atoms with van der Waals surface area (Å²) in [4.78, 5) is 17.3. The second kappa shape index (κ2) is 7.25. The summed E-state index contributed by atoms with van der Waals surface area (Å²) in [5, 5.41) is 0. The van der Waals surface area contributed by atoms with Crippen LogP contribution in [-0.2, 0) is 11.3 Å². The van der Waals surface area contributed by atoms with Crippen LogP contribution in [0.1, 0.15) is 37.7 Å². The van der Waals surface area contributed by atoms with E-state index in [0.29, 0.717) is 5.91 Å². The van der Waals surface area contributed by atoms with E-state index in [-0.39, 0.29) is 12.1 Å². The zero-order chi connectivity index (χ0) is 15.4. The number of hydrogen-bond donors (Lipinski definition) is 1. The van der Waals surface area contributed by atoms with Crippen LogP contribution in [0, 0.1) is 0 Å². The van der Waals surface area contributed by atoms with E-state index in [9.17, 15) is 4.79 Å². The van der Waals surface area contributed by atoms with E-state index in [1.165, 1.54) is 12.0 Å². The van der Waals surface area contributed by atoms with Gasteiger partial charge in [0, 0.05) is 25.7 Å². The summed E-state index contributed by atoms with van der Waals surface area (Å²) in [6.45, 7) is 3.50. The maximum Gasteiger partial charge on any atom is 0.239 e. The van der Waals surface area contributed by atoms with Crippen LogP contribution in [0.4, 0.5) is 0 Å². The minimum absolute atomic E-state index is 0.0410. The molecular weight excluding hydrogens is 274 g/mol. The van der Waals surface area contributed by atoms with Gasteiger partial charge in [0.2, 0.25) is 5.91 Å². The highest BCUT2D eigenvalue weighted by Gasteiger charge is 2.33. The van der Waals surface area contributed by atoms with Gasteiger partial charge in [0.05, 0.1) is 6.04 Å². The Morgan fingerprint density at radius 1 is 1.09 bits per heavy atom. The molecule has 4 heteroatoms. The van der Waals surface area contributed by atoms with Gasteiger partial charge >= 0.3 is 0 Å². The third kappa shape index (κ3) is 3.68. The molecule has 120 valence electrons. The van der Waals surface area contributed by atoms with Crippen molar-refractivity contribution in [1.29, 1.82) is 0 Å². The molecule has 0 radical (unpaired) electrons. The number of likely N-dealkylation sites (tertiary alicyclic amines) is 2. The highest BCUT2D eigenvalue weighted by molar-refractivity contribution is 5.82. The van der Waals surface area contributed by atoms with Gasteiger partial charge in [0.15, 0.2) is 0 Å². The first-order valence-corrected chi connectivity index (χ1v) is 8.56. The molecule has 2 unspecified atom stereocenters. The normalized spacial score (nSPS) is 26.9. The van der Waals surface area contributed by atoms with Gasteiger partial charge in [-0.2, -0.15) is 0 Å². The lowest BCUT2D eigenvalue weighted by Gasteiger charge is -2.40. The summed E-state index contributed by atoms with van der Waals surface area (Å²) >= 11 is 0. The number of nitrogens with two attached hydrogens (primary N) is 1. The van der Waals surface area contributed by atoms with Gasteiger partial charge in [-0.15, -0.1) is 0 Å². The molecule has 0 aromatic heterocycles. The van der Waals surface area contributed by atoms with Crippen LogP contribution in [0.2, 0.25) is 0 Å². The van der Waals surface area contributed by atoms with Gasteiger partial charge in [0.25, 0.3) is 0 Å². The van der Waals surface area contributed by atoms with E-state index < -0.39 is 0 Å². The molecule has 2 fully saturated rings. The lowest BCUT2D eigenvalue weighted by molar-refractivity contribution is -0.139. The summed E-state index contributed by atoms with van der Waals surface area (Å²) in [5.74, 6) is 0.297. The lowest BCUT2D eigenvalue weighted by Crippen LogP contribution is -2.54. The molecule has 0 aliphatic carbocycles. The molecule has 2 aliphatic heterocycles. The summed E-state index contributed by atoms with van der Waals surface area (Å²) in [6, 6.07) is 10.7. The van der Waals surface area contributed by atoms with Crippen molar-refractivity contribution in [2.24, 2.45) is 5.73 Å². The van der Waals surface area contributed by atoms with Crippen LogP contribution in [-0.4, -0.2) is 47.4 Å². The van der Waals surface area contributed by atoms with Crippen LogP contribution in [0.25, 0.3) is 0 Å². The summed E-state index contributed by atoms with van der Waals surface area (Å²) in [7, 11) is 0. The third-order valence-corrected chi connectivity index (χ3v) is 4.90. The molecule has 2 N–H and O–H groups in total. The molecule has 0 bridgehead atoms. The van der Waals surface area contributed by atoms with Crippen LogP contribution in [0.5, 0.6) is 0 Å². The van der Waals surface area contributed by atoms with E-state index in [1.807, 2.05) is 11.0 Å². The van der Waals surface area contributed by atoms with Gasteiger partial charge in [-0.05, 0) is 37.8 Å². The molecule has 2 saturated heterocycles. The maximum atomic E-state index is 12.9. The molecule has 2 heterocycles. The molecule has 3 rings (SSSR count). The fourth-order valence-electron chi connectivity index (χ4n) is 3.70. The number of hydrogen-bond acceptors (Lipinski definition) is 3. The smallest absolute Gasteiger partial charge is 0.239 e. The van der Waals surface area contributed by atoms with Crippen molar-refractivity contribution in [3.63, 3.8) is 0 Å². The van der Waals surface area contributed by atoms with Crippen molar-refractivity contribution in [2.75, 3.05) is 19.6 Å². The third-order valence-electron chi connectivity index (χ3n) is 4.90. The first kappa shape index (κ1) is 15.5. The average molecular weight is 301 g/mol. The van der Waals surface area contributed by atoms with Crippen molar-refractivity contribution >= 4 is 5.91 Å². The topological polar surface area (TPSA) is 49.6 Å². The minimum Gasteiger partial charge on any atom is -0.340 e. The number of carbonyl (C=O) groups is 1. The molecule has 2 atom stereocenters. The van der Waals surface area contributed by atoms with E-state index in [2.05, 4.69) is 29.2 Å². The Morgan fingerprint density at radius 3 is 2.68 bits per heavy atom. The Labute approximate surface area is 133 Å². The maximum absolute atomic E-state index is 12.9. The van der Waals surface area contributed by atoms with Crippen LogP contribution in [0.3, 0.4) is 0 Å². The molecule has 1 aromatic rings. The summed E-state index contributed by atoms with van der Waals surface area (Å²) in [5.41, 5.74) is 7.33. The van der Waals surface area contributed by atoms with Gasteiger partial charge < -0.3 is 10.6 Å². The number of carbonyl (C=O) groups excluding carboxylic acids is 1. The SMILES string of the molecule is NC1CCCN(C(=O)C2CCCCN2Cc2ccccc2)C1. The molecular formula is C18H27N3O. The van der Waals surface area contributed by atoms with Crippen molar-refractivity contribution in [3.05, 3.63) is 35.9 Å². The fourth-order valence-corrected chi connectivity index (χ4v) is 3.70. The second-order valence-corrected chi connectivity index (χ2v) is 6.65. The number of benzene rings is 1. The van der Waals surface area contributed by atoms with Crippen LogP contribution < -0.4 is 5.73 Å². The van der Waals surface area contributed by atoms with Gasteiger partial charge in [-0.25, -0.2) is 0 Å². The van der Waals surface area contributed by atoms with Crippen molar-refractivity contribution < 1.29 is 4.79 Å². The summed E-state index contributed by atoms with van der Waals surface area (Å²) in [6.07, 6.45) is 5.41. The number of rotatable bonds is 3. The highest BCUT2D eigenvalue weighted by Crippen LogP contribution is 2.22. The molecule has 22 heavy (non-hydrogen) atoms. The zero-order valence-corrected chi connectivity index (χ0v) is 13.3. The standard InChI is InChI=1S/C18H27N3O/c19-16-9-6-12-21(14-16)18(22)17-10-4-5-11-20(17)13-15-7-2-1-3-8-15/h1-3,7-8,16-17H,4-6,9-14,19H2. The van der Waals surface area contributed by atoms with Crippen LogP contribution >= 0.6 is 0 Å². The van der Waals surface area contributed by atoms with E-state index in [1.54, 1.807) is 0 Å². The Balaban J connectivity index is 1.67. The van der Waals surface area contributed by atoms with Crippen molar-refractivity contribution in [1.82, 2.24) is 9.80 Å². The second-order valence-electron chi connectivity index (χ2n) is 6.65. The van der Waals surface area contributed by atoms with Crippen molar-refractivity contribution in [2.45, 2.75) is 50.7 Å². The van der Waals surface area contributed by atoms with E-state index in [0.717, 1.165) is 51.9 Å². The molecule has 2 aliphatic rings. The Hall–Kier alpha value is -1.39. The van der Waals surface area contributed by atoms with Gasteiger partial charge in [0.1, 0.15) is 0 Å². The summed E-state index contributed by atoms with van der Waals surface area (Å²) < 4.78 is 0. The zero-order valence-electron chi connectivity index (χ0n) is 13.3. The average Bonchev–Trinajstić information content (AvgIpc) is 2.56. The Morgan fingerprint density at radius 2 is 1.91 bits per heavy atom. The first-order chi connectivity index (χ1) is 10.7. The quantitative estimate of drug-likeness (QED) is 0.929. The Bertz CT molecular complexity index is 490. The lowest BCUT2D eigenvalue weighted by atomic mass is 9.98. The molecule has 0 saturated carbocycles. The first-order valence-electron chi connectivity index (χ1n) is 8.56. The number of piperidine rings is 2. The monoisotopic (exact) mass is 301 g/mol. The highest BCUT2D eigenvalue weighted by atomic mass is 16.2. The van der Waals surface area contributed by atoms with Gasteiger partial charge in [-0.1, -0.05) is 36.8 Å². The fraction of sp³-hybridized carbons (Fsp3) is 0.611.